The number of benzene rings is 1. The number of nitrogens with zero attached hydrogens (tertiary/aromatic N) is 3. The van der Waals surface area contributed by atoms with Crippen LogP contribution in [-0.2, 0) is 0 Å². The zero-order chi connectivity index (χ0) is 14.2. The zero-order valence-electron chi connectivity index (χ0n) is 10.8. The summed E-state index contributed by atoms with van der Waals surface area (Å²) in [4.78, 5) is 14.7. The van der Waals surface area contributed by atoms with Gasteiger partial charge in [-0.3, -0.25) is 10.1 Å². The van der Waals surface area contributed by atoms with Crippen molar-refractivity contribution < 1.29 is 9.31 Å². The van der Waals surface area contributed by atoms with Crippen molar-refractivity contribution in [3.05, 3.63) is 32.5 Å². The van der Waals surface area contributed by atoms with Gasteiger partial charge in [0.15, 0.2) is 0 Å². The molecule has 0 spiro atoms. The van der Waals surface area contributed by atoms with Gasteiger partial charge in [0.1, 0.15) is 11.5 Å². The average molecular weight is 332 g/mol. The molecule has 1 aliphatic heterocycles. The van der Waals surface area contributed by atoms with Gasteiger partial charge in [0.05, 0.1) is 9.40 Å². The largest absolute Gasteiger partial charge is 0.363 e. The lowest BCUT2D eigenvalue weighted by Crippen LogP contribution is -2.50. The van der Waals surface area contributed by atoms with E-state index in [1.165, 1.54) is 12.1 Å². The van der Waals surface area contributed by atoms with E-state index < -0.39 is 10.7 Å². The molecule has 5 nitrogen and oxygen atoms in total. The summed E-state index contributed by atoms with van der Waals surface area (Å²) in [5, 5.41) is 11.1. The molecule has 0 aromatic heterocycles. The Morgan fingerprint density at radius 2 is 2.16 bits per heavy atom. The van der Waals surface area contributed by atoms with Crippen molar-refractivity contribution in [1.82, 2.24) is 4.90 Å². The minimum Gasteiger partial charge on any atom is -0.363 e. The molecule has 1 fully saturated rings. The summed E-state index contributed by atoms with van der Waals surface area (Å²) in [6.07, 6.45) is 0. The molecule has 0 bridgehead atoms. The van der Waals surface area contributed by atoms with Gasteiger partial charge in [-0.15, -0.1) is 0 Å². The number of hydrogen-bond donors (Lipinski definition) is 0. The number of anilines is 1. The molecule has 0 saturated carbocycles. The lowest BCUT2D eigenvalue weighted by molar-refractivity contribution is -0.384. The summed E-state index contributed by atoms with van der Waals surface area (Å²) in [6, 6.07) is 2.74. The number of likely N-dealkylation sites (N-methyl/N-ethyl adjacent to an activating group) is 1. The molecule has 1 unspecified atom stereocenters. The van der Waals surface area contributed by atoms with E-state index in [0.29, 0.717) is 18.8 Å². The fourth-order valence-electron chi connectivity index (χ4n) is 2.19. The molecule has 19 heavy (non-hydrogen) atoms. The minimum atomic E-state index is -0.479. The SMILES string of the molecule is CC1CN(c2cc(F)c(Br)cc2[N+](=O)[O-])CCN1C. The molecular formula is C12H15BrFN3O2. The summed E-state index contributed by atoms with van der Waals surface area (Å²) >= 11 is 2.99. The molecule has 1 aromatic rings. The van der Waals surface area contributed by atoms with Gasteiger partial charge in [0, 0.05) is 37.8 Å². The van der Waals surface area contributed by atoms with Crippen molar-refractivity contribution in [2.24, 2.45) is 0 Å². The van der Waals surface area contributed by atoms with Crippen LogP contribution in [0.25, 0.3) is 0 Å². The van der Waals surface area contributed by atoms with Crippen LogP contribution in [0.4, 0.5) is 15.8 Å². The Balaban J connectivity index is 2.38. The second kappa shape index (κ2) is 5.42. The van der Waals surface area contributed by atoms with E-state index in [2.05, 4.69) is 20.8 Å². The molecule has 104 valence electrons. The summed E-state index contributed by atoms with van der Waals surface area (Å²) in [6.45, 7) is 4.16. The second-order valence-corrected chi connectivity index (χ2v) is 5.64. The first-order valence-electron chi connectivity index (χ1n) is 5.98. The number of hydrogen-bond acceptors (Lipinski definition) is 4. The summed E-state index contributed by atoms with van der Waals surface area (Å²) in [5.41, 5.74) is 0.288. The molecule has 7 heteroatoms. The van der Waals surface area contributed by atoms with Crippen LogP contribution < -0.4 is 4.90 Å². The molecular weight excluding hydrogens is 317 g/mol. The first-order chi connectivity index (χ1) is 8.90. The maximum Gasteiger partial charge on any atom is 0.293 e. The average Bonchev–Trinajstić information content (AvgIpc) is 2.35. The highest BCUT2D eigenvalue weighted by Gasteiger charge is 2.27. The molecule has 1 aliphatic rings. The fraction of sp³-hybridized carbons (Fsp3) is 0.500. The van der Waals surface area contributed by atoms with E-state index in [1.54, 1.807) is 0 Å². The van der Waals surface area contributed by atoms with E-state index in [9.17, 15) is 14.5 Å². The van der Waals surface area contributed by atoms with E-state index in [1.807, 2.05) is 18.9 Å². The molecule has 0 radical (unpaired) electrons. The number of rotatable bonds is 2. The smallest absolute Gasteiger partial charge is 0.293 e. The first-order valence-corrected chi connectivity index (χ1v) is 6.78. The Kier molecular flexibility index (Phi) is 4.05. The molecule has 1 saturated heterocycles. The van der Waals surface area contributed by atoms with E-state index in [-0.39, 0.29) is 16.2 Å². The lowest BCUT2D eigenvalue weighted by Gasteiger charge is -2.38. The Bertz CT molecular complexity index is 512. The highest BCUT2D eigenvalue weighted by molar-refractivity contribution is 9.10. The van der Waals surface area contributed by atoms with Crippen molar-refractivity contribution in [1.29, 1.82) is 0 Å². The Labute approximate surface area is 119 Å². The fourth-order valence-corrected chi connectivity index (χ4v) is 2.52. The van der Waals surface area contributed by atoms with E-state index in [4.69, 9.17) is 0 Å². The minimum absolute atomic E-state index is 0.0648. The topological polar surface area (TPSA) is 49.6 Å². The van der Waals surface area contributed by atoms with Gasteiger partial charge in [0.25, 0.3) is 5.69 Å². The normalized spacial score (nSPS) is 20.6. The standard InChI is InChI=1S/C12H15BrFN3O2/c1-8-7-16(4-3-15(8)2)11-6-10(14)9(13)5-12(11)17(18)19/h5-6,8H,3-4,7H2,1-2H3. The predicted octanol–water partition coefficient (Wildman–Crippen LogP) is 2.64. The Hall–Kier alpha value is -1.21. The van der Waals surface area contributed by atoms with E-state index >= 15 is 0 Å². The van der Waals surface area contributed by atoms with Gasteiger partial charge in [-0.25, -0.2) is 4.39 Å². The monoisotopic (exact) mass is 331 g/mol. The van der Waals surface area contributed by atoms with Gasteiger partial charge in [-0.2, -0.15) is 0 Å². The van der Waals surface area contributed by atoms with Crippen molar-refractivity contribution in [3.63, 3.8) is 0 Å². The van der Waals surface area contributed by atoms with Crippen molar-refractivity contribution >= 4 is 27.3 Å². The number of nitro groups is 1. The van der Waals surface area contributed by atoms with E-state index in [0.717, 1.165) is 6.54 Å². The lowest BCUT2D eigenvalue weighted by atomic mass is 10.1. The number of piperazine rings is 1. The summed E-state index contributed by atoms with van der Waals surface area (Å²) < 4.78 is 13.8. The third-order valence-electron chi connectivity index (χ3n) is 3.51. The first kappa shape index (κ1) is 14.2. The maximum atomic E-state index is 13.6. The van der Waals surface area contributed by atoms with Crippen LogP contribution in [-0.4, -0.2) is 42.5 Å². The van der Waals surface area contributed by atoms with Crippen LogP contribution in [0.1, 0.15) is 6.92 Å². The van der Waals surface area contributed by atoms with Crippen molar-refractivity contribution in [2.75, 3.05) is 31.6 Å². The molecule has 1 aromatic carbocycles. The molecule has 2 rings (SSSR count). The molecule has 1 heterocycles. The molecule has 0 N–H and O–H groups in total. The van der Waals surface area contributed by atoms with Gasteiger partial charge in [0.2, 0.25) is 0 Å². The van der Waals surface area contributed by atoms with Crippen LogP contribution >= 0.6 is 15.9 Å². The van der Waals surface area contributed by atoms with Crippen LogP contribution in [0, 0.1) is 15.9 Å². The van der Waals surface area contributed by atoms with Gasteiger partial charge in [-0.05, 0) is 29.9 Å². The van der Waals surface area contributed by atoms with Crippen molar-refractivity contribution in [2.45, 2.75) is 13.0 Å². The Morgan fingerprint density at radius 1 is 1.47 bits per heavy atom. The predicted molar refractivity (Wildman–Crippen MR) is 75.1 cm³/mol. The third kappa shape index (κ3) is 2.87. The van der Waals surface area contributed by atoms with Crippen LogP contribution in [0.2, 0.25) is 0 Å². The molecule has 1 atom stereocenters. The summed E-state index contributed by atoms with van der Waals surface area (Å²) in [5.74, 6) is -0.479. The molecule has 0 amide bonds. The highest BCUT2D eigenvalue weighted by atomic mass is 79.9. The third-order valence-corrected chi connectivity index (χ3v) is 4.12. The van der Waals surface area contributed by atoms with Crippen LogP contribution in [0.3, 0.4) is 0 Å². The van der Waals surface area contributed by atoms with Crippen molar-refractivity contribution in [3.8, 4) is 0 Å². The second-order valence-electron chi connectivity index (χ2n) is 4.79. The number of halogens is 2. The Morgan fingerprint density at radius 3 is 2.74 bits per heavy atom. The quantitative estimate of drug-likeness (QED) is 0.617. The van der Waals surface area contributed by atoms with Gasteiger partial charge >= 0.3 is 0 Å². The van der Waals surface area contributed by atoms with Gasteiger partial charge in [-0.1, -0.05) is 0 Å². The molecule has 0 aliphatic carbocycles. The van der Waals surface area contributed by atoms with Crippen LogP contribution in [0.15, 0.2) is 16.6 Å². The highest BCUT2D eigenvalue weighted by Crippen LogP contribution is 2.34. The van der Waals surface area contributed by atoms with Gasteiger partial charge < -0.3 is 9.80 Å². The zero-order valence-corrected chi connectivity index (χ0v) is 12.4. The maximum absolute atomic E-state index is 13.6. The summed E-state index contributed by atoms with van der Waals surface area (Å²) in [7, 11) is 2.01. The van der Waals surface area contributed by atoms with Crippen LogP contribution in [0.5, 0.6) is 0 Å². The number of nitro benzene ring substituents is 1.